The van der Waals surface area contributed by atoms with Crippen LogP contribution in [0.3, 0.4) is 0 Å². The second kappa shape index (κ2) is 45.0. The maximum Gasteiger partial charge on any atom is 0.347 e. The van der Waals surface area contributed by atoms with Crippen LogP contribution < -0.4 is 34.5 Å². The van der Waals surface area contributed by atoms with Gasteiger partial charge in [-0.3, -0.25) is 24.4 Å². The highest BCUT2D eigenvalue weighted by Gasteiger charge is 2.39. The fraction of sp³-hybridized carbons (Fsp3) is 0.425. The SMILES string of the molecule is CC(C)(CO)c1ccc(N2C(=O)CCN2Cc2cccc(OCC(=O)O)c2)cc1.CCC(O)c1ccc(N2C(=O)C(I)CN2CCSc2ncc(C(=O)O)s2)cc1.CCCC(O)c1ccc(N2CCC(=O)N2c2ccc(CCS(=O)(=O)NC)cc2)cc1.CCCCC(O)C(C)(C)c1ccc(N2C(=S)C(Br)CN2CCCc2ccc(C(=O)O)s2)cc1. The quantitative estimate of drug-likeness (QED) is 0.00782. The van der Waals surface area contributed by atoms with E-state index in [9.17, 15) is 57.6 Å². The number of benzene rings is 6. The van der Waals surface area contributed by atoms with Gasteiger partial charge in [-0.15, -0.1) is 22.7 Å². The number of aliphatic carboxylic acids is 1. The number of amides is 3. The van der Waals surface area contributed by atoms with Crippen molar-refractivity contribution in [1.29, 1.82) is 0 Å². The van der Waals surface area contributed by atoms with Gasteiger partial charge in [-0.2, -0.15) is 0 Å². The van der Waals surface area contributed by atoms with E-state index in [2.05, 4.69) is 103 Å². The number of hydrazine groups is 4. The Hall–Kier alpha value is -7.85. The maximum atomic E-state index is 12.6. The van der Waals surface area contributed by atoms with Crippen molar-refractivity contribution < 1.29 is 77.7 Å². The molecule has 3 amide bonds. The second-order valence-electron chi connectivity index (χ2n) is 30.5. The van der Waals surface area contributed by atoms with Gasteiger partial charge in [0.25, 0.3) is 5.91 Å². The number of hydrogen-bond acceptors (Lipinski definition) is 22. The second-order valence-corrected chi connectivity index (χ2v) is 39.1. The Morgan fingerprint density at radius 3 is 1.84 bits per heavy atom. The number of aliphatic hydroxyl groups is 4. The molecule has 0 bridgehead atoms. The van der Waals surface area contributed by atoms with Crippen LogP contribution in [0.1, 0.15) is 176 Å². The molecule has 26 nitrogen and oxygen atoms in total. The lowest BCUT2D eigenvalue weighted by molar-refractivity contribution is -0.139. The Balaban J connectivity index is 0.000000182. The van der Waals surface area contributed by atoms with E-state index in [0.717, 1.165) is 141 Å². The molecular formula is C87H108BrIN10O16S5. The number of carboxylic acids is 3. The molecule has 2 aromatic heterocycles. The number of thiophene rings is 1. The number of unbranched alkanes of at least 4 members (excludes halogenated alkanes) is 1. The van der Waals surface area contributed by atoms with Crippen molar-refractivity contribution in [2.45, 2.75) is 168 Å². The van der Waals surface area contributed by atoms with E-state index in [1.165, 1.54) is 36.3 Å². The number of carbonyl (C=O) groups excluding carboxylic acids is 3. The zero-order valence-corrected chi connectivity index (χ0v) is 76.5. The fourth-order valence-electron chi connectivity index (χ4n) is 13.8. The average molecular weight is 1920 g/mol. The van der Waals surface area contributed by atoms with Crippen molar-refractivity contribution in [2.24, 2.45) is 0 Å². The van der Waals surface area contributed by atoms with Gasteiger partial charge in [0.1, 0.15) is 24.4 Å². The summed E-state index contributed by atoms with van der Waals surface area (Å²) in [5, 5.41) is 82.5. The van der Waals surface area contributed by atoms with E-state index in [1.807, 2.05) is 152 Å². The van der Waals surface area contributed by atoms with Gasteiger partial charge in [0.15, 0.2) is 10.9 Å². The molecule has 33 heteroatoms. The molecule has 0 spiro atoms. The number of ether oxygens (including phenoxy) is 1. The highest BCUT2D eigenvalue weighted by molar-refractivity contribution is 14.1. The van der Waals surface area contributed by atoms with Crippen LogP contribution in [0.15, 0.2) is 168 Å². The summed E-state index contributed by atoms with van der Waals surface area (Å²) in [6, 6.07) is 49.4. The molecule has 646 valence electrons. The Kier molecular flexibility index (Phi) is 36.0. The lowest BCUT2D eigenvalue weighted by atomic mass is 9.77. The van der Waals surface area contributed by atoms with Gasteiger partial charge in [0.05, 0.1) is 70.1 Å². The fourth-order valence-corrected chi connectivity index (χ4v) is 18.8. The minimum absolute atomic E-state index is 0.00982. The number of thioether (sulfide) groups is 1. The molecule has 5 atom stereocenters. The topological polar surface area (TPSA) is 338 Å². The van der Waals surface area contributed by atoms with Crippen LogP contribution in [0.25, 0.3) is 0 Å². The highest BCUT2D eigenvalue weighted by atomic mass is 127. The molecular weight excluding hydrogens is 1810 g/mol. The number of aliphatic hydroxyl groups excluding tert-OH is 4. The number of rotatable bonds is 36. The van der Waals surface area contributed by atoms with Crippen LogP contribution in [0.2, 0.25) is 0 Å². The summed E-state index contributed by atoms with van der Waals surface area (Å²) in [5.74, 6) is -1.60. The Morgan fingerprint density at radius 1 is 0.658 bits per heavy atom. The van der Waals surface area contributed by atoms with E-state index in [1.54, 1.807) is 39.3 Å². The van der Waals surface area contributed by atoms with Crippen LogP contribution in [-0.2, 0) is 59.4 Å². The molecule has 4 saturated heterocycles. The number of hydrogen-bond donors (Lipinski definition) is 8. The largest absolute Gasteiger partial charge is 0.482 e. The lowest BCUT2D eigenvalue weighted by Crippen LogP contribution is -2.40. The number of nitrogens with zero attached hydrogens (tertiary/aromatic N) is 9. The third-order valence-electron chi connectivity index (χ3n) is 21.0. The first-order valence-electron chi connectivity index (χ1n) is 40.0. The highest BCUT2D eigenvalue weighted by Crippen LogP contribution is 2.38. The molecule has 6 aromatic carbocycles. The van der Waals surface area contributed by atoms with E-state index in [-0.39, 0.29) is 60.6 Å². The number of carboxylic acid groups (broad SMARTS) is 3. The van der Waals surface area contributed by atoms with E-state index in [0.29, 0.717) is 79.1 Å². The number of nitrogens with one attached hydrogen (secondary N) is 1. The smallest absolute Gasteiger partial charge is 0.347 e. The summed E-state index contributed by atoms with van der Waals surface area (Å²) >= 11 is 15.6. The van der Waals surface area contributed by atoms with Gasteiger partial charge in [0.2, 0.25) is 21.8 Å². The zero-order chi connectivity index (χ0) is 87.2. The Labute approximate surface area is 742 Å². The van der Waals surface area contributed by atoms with Gasteiger partial charge in [0, 0.05) is 80.1 Å². The van der Waals surface area contributed by atoms with Crippen molar-refractivity contribution in [3.05, 3.63) is 212 Å². The molecule has 0 saturated carbocycles. The standard InChI is InChI=1S/C25H33BrN2O3S2.C22H29N3O4S.C22H26N2O5.C18H20IN3O4S2/c1-4-5-8-22(29)25(2,3)17-9-11-18(12-10-17)28-23(32)20(26)16-27(28)15-6-7-19-13-14-21(33-19)24(30)31;1-3-4-21(26)18-7-11-19(12-8-18)24-15-13-22(27)25(24)20-9-5-17(6-10-20)14-16-30(28,29)23-2;1-22(2,15-25)17-6-8-18(9-7-17)24-20(26)10-11-23(24)13-16-4-3-5-19(12-16)29-14-21(27)28;1-2-14(23)11-3-5-12(6-4-11)22-16(24)13(19)10-21(22)7-8-27-18-20-9-15(28-18)17(25)26/h9-14,20,22,29H,4-8,15-16H2,1-3H3,(H,30,31);5-12,21,23,26H,3-4,13-16H2,1-2H3;3-9,12,25H,10-11,13-15H2,1-2H3,(H,27,28);3-6,9,13-14,23H,2,7-8,10H2,1H3,(H,25,26). The van der Waals surface area contributed by atoms with E-state index < -0.39 is 46.7 Å². The van der Waals surface area contributed by atoms with Gasteiger partial charge in [-0.05, 0) is 164 Å². The number of sulfonamides is 1. The Bertz CT molecular complexity index is 4860. The summed E-state index contributed by atoms with van der Waals surface area (Å²) in [6.07, 6.45) is 8.20. The molecule has 4 fully saturated rings. The number of alkyl halides is 2. The molecule has 8 aromatic rings. The molecule has 120 heavy (non-hydrogen) atoms. The normalized spacial score (nSPS) is 16.9. The van der Waals surface area contributed by atoms with Crippen molar-refractivity contribution in [3.8, 4) is 5.75 Å². The van der Waals surface area contributed by atoms with E-state index in [4.69, 9.17) is 32.3 Å². The van der Waals surface area contributed by atoms with Crippen LogP contribution in [0, 0.1) is 0 Å². The number of thiocarbonyl (C=S) groups is 1. The summed E-state index contributed by atoms with van der Waals surface area (Å²) in [5.41, 5.74) is 9.21. The average Bonchev–Trinajstić information content (AvgIpc) is 1.78. The van der Waals surface area contributed by atoms with Crippen LogP contribution in [0.4, 0.5) is 28.4 Å². The molecule has 5 unspecified atom stereocenters. The first-order chi connectivity index (χ1) is 57.2. The number of thiazole rings is 1. The molecule has 4 aliphatic heterocycles. The predicted octanol–water partition coefficient (Wildman–Crippen LogP) is 14.8. The predicted molar refractivity (Wildman–Crippen MR) is 490 cm³/mol. The number of aryl methyl sites for hydroxylation is 2. The number of aromatic nitrogens is 1. The summed E-state index contributed by atoms with van der Waals surface area (Å²) in [7, 11) is -1.85. The third-order valence-corrected chi connectivity index (χ3v) is 28.0. The lowest BCUT2D eigenvalue weighted by Gasteiger charge is -2.33. The van der Waals surface area contributed by atoms with Crippen LogP contribution in [0.5, 0.6) is 5.75 Å². The van der Waals surface area contributed by atoms with Crippen molar-refractivity contribution >= 4 is 164 Å². The molecule has 4 aliphatic rings. The monoisotopic (exact) mass is 1910 g/mol. The van der Waals surface area contributed by atoms with Gasteiger partial charge >= 0.3 is 17.9 Å². The first kappa shape index (κ1) is 96.0. The van der Waals surface area contributed by atoms with Crippen LogP contribution >= 0.6 is 85.2 Å². The molecule has 6 heterocycles. The number of anilines is 5. The third kappa shape index (κ3) is 26.1. The molecule has 12 rings (SSSR count). The number of carbonyl (C=O) groups is 6. The molecule has 8 N–H and O–H groups in total. The summed E-state index contributed by atoms with van der Waals surface area (Å²) in [6.45, 7) is 18.4. The van der Waals surface area contributed by atoms with Crippen LogP contribution in [-0.4, -0.2) is 191 Å². The molecule has 0 aliphatic carbocycles. The van der Waals surface area contributed by atoms with E-state index >= 15 is 0 Å². The summed E-state index contributed by atoms with van der Waals surface area (Å²) < 4.78 is 31.4. The first-order valence-corrected chi connectivity index (χ1v) is 46.8. The van der Waals surface area contributed by atoms with Gasteiger partial charge < -0.3 is 40.5 Å². The molecule has 0 radical (unpaired) electrons. The van der Waals surface area contributed by atoms with Gasteiger partial charge in [-0.25, -0.2) is 62.6 Å². The maximum absolute atomic E-state index is 12.6. The van der Waals surface area contributed by atoms with Crippen molar-refractivity contribution in [1.82, 2.24) is 24.7 Å². The van der Waals surface area contributed by atoms with Gasteiger partial charge in [-0.1, -0.05) is 203 Å². The summed E-state index contributed by atoms with van der Waals surface area (Å²) in [4.78, 5) is 77.2. The minimum atomic E-state index is -3.25. The Morgan fingerprint density at radius 2 is 1.24 bits per heavy atom. The minimum Gasteiger partial charge on any atom is -0.482 e. The van der Waals surface area contributed by atoms with Crippen molar-refractivity contribution in [3.63, 3.8) is 0 Å². The number of aromatic carboxylic acids is 2. The zero-order valence-electron chi connectivity index (χ0n) is 68.7. The number of halogens is 2. The van der Waals surface area contributed by atoms with Crippen molar-refractivity contribution in [2.75, 3.05) is 96.1 Å².